The second-order valence-electron chi connectivity index (χ2n) is 7.07. The minimum atomic E-state index is -4.72. The van der Waals surface area contributed by atoms with Gasteiger partial charge in [0.15, 0.2) is 0 Å². The predicted octanol–water partition coefficient (Wildman–Crippen LogP) is 3.57. The van der Waals surface area contributed by atoms with Crippen molar-refractivity contribution in [3.05, 3.63) is 59.4 Å². The van der Waals surface area contributed by atoms with Crippen LogP contribution in [-0.2, 0) is 22.7 Å². The number of hydrogen-bond acceptors (Lipinski definition) is 4. The molecule has 0 aromatic heterocycles. The van der Waals surface area contributed by atoms with E-state index in [0.717, 1.165) is 17.7 Å². The maximum Gasteiger partial charge on any atom is 0.418 e. The molecule has 158 valence electrons. The second kappa shape index (κ2) is 8.29. The van der Waals surface area contributed by atoms with E-state index < -0.39 is 26.7 Å². The maximum atomic E-state index is 13.4. The molecule has 0 aliphatic carbocycles. The molecule has 1 saturated heterocycles. The van der Waals surface area contributed by atoms with Gasteiger partial charge in [-0.05, 0) is 48.7 Å². The van der Waals surface area contributed by atoms with Crippen molar-refractivity contribution in [1.82, 2.24) is 4.90 Å². The molecule has 2 aromatic carbocycles. The highest BCUT2D eigenvalue weighted by molar-refractivity contribution is 7.89. The fraction of sp³-hybridized carbons (Fsp3) is 0.368. The number of nitrogens with zero attached hydrogens (tertiary/aromatic N) is 1. The Morgan fingerprint density at radius 2 is 1.69 bits per heavy atom. The van der Waals surface area contributed by atoms with Gasteiger partial charge < -0.3 is 5.32 Å². The van der Waals surface area contributed by atoms with Gasteiger partial charge in [0, 0.05) is 31.4 Å². The lowest BCUT2D eigenvalue weighted by Crippen LogP contribution is -2.39. The standard InChI is InChI=1S/C19H21F4N3O2S/c20-14-3-1-13(2-4-14)12-26-9-7-15(8-10-26)25-18-6-5-16(29(24,27)28)11-17(18)19(21,22)23/h1-6,11,15,25H,7-10,12H2,(H2,24,27,28). The molecule has 3 N–H and O–H groups in total. The number of anilines is 1. The van der Waals surface area contributed by atoms with E-state index in [4.69, 9.17) is 5.14 Å². The third-order valence-corrected chi connectivity index (χ3v) is 5.80. The van der Waals surface area contributed by atoms with Gasteiger partial charge in [0.05, 0.1) is 10.5 Å². The molecule has 0 atom stereocenters. The van der Waals surface area contributed by atoms with Crippen LogP contribution in [0.3, 0.4) is 0 Å². The van der Waals surface area contributed by atoms with Crippen LogP contribution in [0.1, 0.15) is 24.0 Å². The van der Waals surface area contributed by atoms with Crippen molar-refractivity contribution in [1.29, 1.82) is 0 Å². The molecule has 10 heteroatoms. The summed E-state index contributed by atoms with van der Waals surface area (Å²) in [6.45, 7) is 1.99. The summed E-state index contributed by atoms with van der Waals surface area (Å²) in [5.74, 6) is -0.300. The van der Waals surface area contributed by atoms with Crippen LogP contribution in [0.5, 0.6) is 0 Å². The van der Waals surface area contributed by atoms with E-state index in [1.165, 1.54) is 12.1 Å². The number of hydrogen-bond donors (Lipinski definition) is 2. The highest BCUT2D eigenvalue weighted by atomic mass is 32.2. The van der Waals surface area contributed by atoms with Crippen molar-refractivity contribution in [2.24, 2.45) is 5.14 Å². The Bertz CT molecular complexity index is 954. The average molecular weight is 431 g/mol. The molecule has 5 nitrogen and oxygen atoms in total. The number of halogens is 4. The third-order valence-electron chi connectivity index (χ3n) is 4.89. The Hall–Kier alpha value is -2.17. The minimum absolute atomic E-state index is 0.165. The zero-order valence-electron chi connectivity index (χ0n) is 15.4. The van der Waals surface area contributed by atoms with Crippen LogP contribution < -0.4 is 10.5 Å². The van der Waals surface area contributed by atoms with Gasteiger partial charge in [-0.1, -0.05) is 12.1 Å². The molecule has 0 bridgehead atoms. The van der Waals surface area contributed by atoms with Crippen LogP contribution in [-0.4, -0.2) is 32.4 Å². The van der Waals surface area contributed by atoms with Gasteiger partial charge >= 0.3 is 6.18 Å². The molecule has 1 fully saturated rings. The van der Waals surface area contributed by atoms with Gasteiger partial charge in [-0.15, -0.1) is 0 Å². The summed E-state index contributed by atoms with van der Waals surface area (Å²) in [7, 11) is -4.23. The van der Waals surface area contributed by atoms with Crippen molar-refractivity contribution in [3.8, 4) is 0 Å². The van der Waals surface area contributed by atoms with E-state index in [2.05, 4.69) is 10.2 Å². The predicted molar refractivity (Wildman–Crippen MR) is 101 cm³/mol. The molecule has 0 amide bonds. The van der Waals surface area contributed by atoms with Crippen LogP contribution >= 0.6 is 0 Å². The first-order valence-corrected chi connectivity index (χ1v) is 10.5. The smallest absolute Gasteiger partial charge is 0.382 e. The molecule has 29 heavy (non-hydrogen) atoms. The summed E-state index contributed by atoms with van der Waals surface area (Å²) < 4.78 is 75.9. The lowest BCUT2D eigenvalue weighted by Gasteiger charge is -2.33. The van der Waals surface area contributed by atoms with Gasteiger partial charge in [0.2, 0.25) is 10.0 Å². The lowest BCUT2D eigenvalue weighted by molar-refractivity contribution is -0.137. The SMILES string of the molecule is NS(=O)(=O)c1ccc(NC2CCN(Cc3ccc(F)cc3)CC2)c(C(F)(F)F)c1. The zero-order chi connectivity index (χ0) is 21.2. The first-order valence-electron chi connectivity index (χ1n) is 9.00. The number of primary sulfonamides is 1. The molecule has 3 rings (SSSR count). The van der Waals surface area contributed by atoms with Crippen LogP contribution in [0.25, 0.3) is 0 Å². The summed E-state index contributed by atoms with van der Waals surface area (Å²) in [4.78, 5) is 1.57. The molecule has 0 saturated carbocycles. The Morgan fingerprint density at radius 3 is 2.24 bits per heavy atom. The number of likely N-dealkylation sites (tertiary alicyclic amines) is 1. The van der Waals surface area contributed by atoms with E-state index in [0.29, 0.717) is 38.5 Å². The number of nitrogens with two attached hydrogens (primary N) is 1. The summed E-state index contributed by atoms with van der Waals surface area (Å²) >= 11 is 0. The van der Waals surface area contributed by atoms with Crippen LogP contribution in [0.15, 0.2) is 47.4 Å². The van der Waals surface area contributed by atoms with E-state index in [1.54, 1.807) is 12.1 Å². The number of alkyl halides is 3. The number of benzene rings is 2. The van der Waals surface area contributed by atoms with E-state index in [-0.39, 0.29) is 17.5 Å². The van der Waals surface area contributed by atoms with Gasteiger partial charge in [-0.25, -0.2) is 17.9 Å². The fourth-order valence-electron chi connectivity index (χ4n) is 3.36. The second-order valence-corrected chi connectivity index (χ2v) is 8.63. The minimum Gasteiger partial charge on any atom is -0.382 e. The van der Waals surface area contributed by atoms with Crippen LogP contribution in [0.2, 0.25) is 0 Å². The summed E-state index contributed by atoms with van der Waals surface area (Å²) in [5.41, 5.74) is -0.254. The lowest BCUT2D eigenvalue weighted by atomic mass is 10.0. The number of rotatable bonds is 5. The first kappa shape index (κ1) is 21.5. The number of piperidine rings is 1. The van der Waals surface area contributed by atoms with E-state index in [1.807, 2.05) is 0 Å². The largest absolute Gasteiger partial charge is 0.418 e. The molecule has 0 radical (unpaired) electrons. The molecular formula is C19H21F4N3O2S. The normalized spacial score (nSPS) is 16.7. The fourth-order valence-corrected chi connectivity index (χ4v) is 3.90. The molecule has 0 unspecified atom stereocenters. The Balaban J connectivity index is 1.66. The average Bonchev–Trinajstić information content (AvgIpc) is 2.64. The topological polar surface area (TPSA) is 75.4 Å². The Kier molecular flexibility index (Phi) is 6.16. The van der Waals surface area contributed by atoms with Crippen molar-refractivity contribution in [2.75, 3.05) is 18.4 Å². The van der Waals surface area contributed by atoms with Crippen molar-refractivity contribution < 1.29 is 26.0 Å². The summed E-state index contributed by atoms with van der Waals surface area (Å²) in [6.07, 6.45) is -3.48. The van der Waals surface area contributed by atoms with Gasteiger partial charge in [0.1, 0.15) is 5.82 Å². The summed E-state index contributed by atoms with van der Waals surface area (Å²) in [5, 5.41) is 7.84. The molecule has 1 aliphatic rings. The van der Waals surface area contributed by atoms with E-state index in [9.17, 15) is 26.0 Å². The first-order chi connectivity index (χ1) is 13.5. The van der Waals surface area contributed by atoms with Crippen molar-refractivity contribution in [2.45, 2.75) is 36.5 Å². The highest BCUT2D eigenvalue weighted by Crippen LogP contribution is 2.37. The quantitative estimate of drug-likeness (QED) is 0.710. The maximum absolute atomic E-state index is 13.4. The third kappa shape index (κ3) is 5.68. The van der Waals surface area contributed by atoms with Crippen molar-refractivity contribution in [3.63, 3.8) is 0 Å². The molecule has 0 spiro atoms. The summed E-state index contributed by atoms with van der Waals surface area (Å²) in [6, 6.07) is 8.76. The van der Waals surface area contributed by atoms with Gasteiger partial charge in [0.25, 0.3) is 0 Å². The Morgan fingerprint density at radius 1 is 1.07 bits per heavy atom. The zero-order valence-corrected chi connectivity index (χ0v) is 16.2. The van der Waals surface area contributed by atoms with Gasteiger partial charge in [-0.3, -0.25) is 4.90 Å². The number of sulfonamides is 1. The van der Waals surface area contributed by atoms with Crippen LogP contribution in [0.4, 0.5) is 23.2 Å². The number of nitrogens with one attached hydrogen (secondary N) is 1. The monoisotopic (exact) mass is 431 g/mol. The molecule has 1 aliphatic heterocycles. The van der Waals surface area contributed by atoms with E-state index >= 15 is 0 Å². The van der Waals surface area contributed by atoms with Crippen molar-refractivity contribution >= 4 is 15.7 Å². The molecular weight excluding hydrogens is 410 g/mol. The molecule has 1 heterocycles. The van der Waals surface area contributed by atoms with Gasteiger partial charge in [-0.2, -0.15) is 13.2 Å². The van der Waals surface area contributed by atoms with Crippen LogP contribution in [0, 0.1) is 5.82 Å². The Labute approximate surface area is 166 Å². The molecule has 2 aromatic rings. The highest BCUT2D eigenvalue weighted by Gasteiger charge is 2.35.